The van der Waals surface area contributed by atoms with Crippen molar-refractivity contribution in [2.75, 3.05) is 32.7 Å². The highest BCUT2D eigenvalue weighted by atomic mass is 16.2. The molecule has 124 valence electrons. The van der Waals surface area contributed by atoms with Crippen LogP contribution in [0.5, 0.6) is 0 Å². The fraction of sp³-hybridized carbons (Fsp3) is 0.941. The van der Waals surface area contributed by atoms with Gasteiger partial charge in [0.2, 0.25) is 5.91 Å². The van der Waals surface area contributed by atoms with Crippen molar-refractivity contribution in [2.24, 2.45) is 5.73 Å². The molecule has 1 saturated heterocycles. The number of amides is 1. The Morgan fingerprint density at radius 1 is 1.05 bits per heavy atom. The van der Waals surface area contributed by atoms with Crippen LogP contribution in [-0.4, -0.2) is 54.5 Å². The predicted molar refractivity (Wildman–Crippen MR) is 89.3 cm³/mol. The summed E-state index contributed by atoms with van der Waals surface area (Å²) in [5, 5.41) is 0. The molecule has 1 fully saturated rings. The molecule has 1 aliphatic heterocycles. The van der Waals surface area contributed by atoms with Gasteiger partial charge < -0.3 is 10.6 Å². The summed E-state index contributed by atoms with van der Waals surface area (Å²) in [6.45, 7) is 9.03. The Hall–Kier alpha value is -0.610. The Morgan fingerprint density at radius 2 is 1.71 bits per heavy atom. The smallest absolute Gasteiger partial charge is 0.222 e. The Bertz CT molecular complexity index is 275. The maximum atomic E-state index is 12.2. The molecule has 1 unspecified atom stereocenters. The molecule has 1 aliphatic rings. The van der Waals surface area contributed by atoms with Crippen LogP contribution in [0.3, 0.4) is 0 Å². The van der Waals surface area contributed by atoms with E-state index in [1.807, 2.05) is 0 Å². The Labute approximate surface area is 131 Å². The van der Waals surface area contributed by atoms with Crippen molar-refractivity contribution < 1.29 is 4.79 Å². The number of nitrogens with two attached hydrogens (primary N) is 1. The molecular formula is C17H35N3O. The molecule has 1 atom stereocenters. The van der Waals surface area contributed by atoms with Crippen LogP contribution in [0.4, 0.5) is 0 Å². The first-order valence-electron chi connectivity index (χ1n) is 8.94. The number of carbonyl (C=O) groups is 1. The fourth-order valence-electron chi connectivity index (χ4n) is 3.21. The van der Waals surface area contributed by atoms with E-state index in [1.54, 1.807) is 0 Å². The molecule has 0 aromatic carbocycles. The van der Waals surface area contributed by atoms with Gasteiger partial charge in [0.1, 0.15) is 0 Å². The standard InChI is InChI=1S/C17H35N3O/c1-3-5-6-7-8-9-17(21)20-14-12-19(13-15-20)16(4-2)10-11-18/h16H,3-15,18H2,1-2H3. The first-order chi connectivity index (χ1) is 10.2. The lowest BCUT2D eigenvalue weighted by Crippen LogP contribution is -2.52. The van der Waals surface area contributed by atoms with E-state index >= 15 is 0 Å². The molecule has 4 nitrogen and oxygen atoms in total. The fourth-order valence-corrected chi connectivity index (χ4v) is 3.21. The second-order valence-electron chi connectivity index (χ2n) is 6.22. The van der Waals surface area contributed by atoms with Crippen LogP contribution in [0, 0.1) is 0 Å². The monoisotopic (exact) mass is 297 g/mol. The van der Waals surface area contributed by atoms with Crippen LogP contribution in [0.1, 0.15) is 65.2 Å². The third-order valence-corrected chi connectivity index (χ3v) is 4.65. The minimum absolute atomic E-state index is 0.359. The normalized spacial score (nSPS) is 18.0. The SMILES string of the molecule is CCCCCCCC(=O)N1CCN(C(CC)CCN)CC1. The van der Waals surface area contributed by atoms with E-state index in [4.69, 9.17) is 5.73 Å². The molecule has 0 aromatic rings. The van der Waals surface area contributed by atoms with Crippen molar-refractivity contribution in [3.05, 3.63) is 0 Å². The van der Waals surface area contributed by atoms with Crippen molar-refractivity contribution in [1.82, 2.24) is 9.80 Å². The molecule has 0 saturated carbocycles. The van der Waals surface area contributed by atoms with E-state index in [2.05, 4.69) is 23.6 Å². The summed E-state index contributed by atoms with van der Waals surface area (Å²) >= 11 is 0. The average Bonchev–Trinajstić information content (AvgIpc) is 2.52. The van der Waals surface area contributed by atoms with Crippen molar-refractivity contribution in [1.29, 1.82) is 0 Å². The summed E-state index contributed by atoms with van der Waals surface area (Å²) in [5.41, 5.74) is 5.69. The number of carbonyl (C=O) groups excluding carboxylic acids is 1. The minimum Gasteiger partial charge on any atom is -0.340 e. The molecule has 21 heavy (non-hydrogen) atoms. The summed E-state index contributed by atoms with van der Waals surface area (Å²) in [5.74, 6) is 0.359. The van der Waals surface area contributed by atoms with Crippen LogP contribution in [0.25, 0.3) is 0 Å². The second-order valence-corrected chi connectivity index (χ2v) is 6.22. The molecule has 0 radical (unpaired) electrons. The Balaban J connectivity index is 2.20. The van der Waals surface area contributed by atoms with Gasteiger partial charge in [-0.2, -0.15) is 0 Å². The van der Waals surface area contributed by atoms with Gasteiger partial charge in [-0.3, -0.25) is 9.69 Å². The number of hydrogen-bond acceptors (Lipinski definition) is 3. The number of rotatable bonds is 10. The van der Waals surface area contributed by atoms with Gasteiger partial charge in [-0.25, -0.2) is 0 Å². The molecule has 0 bridgehead atoms. The predicted octanol–water partition coefficient (Wildman–Crippen LogP) is 2.62. The molecule has 0 spiro atoms. The molecule has 4 heteroatoms. The lowest BCUT2D eigenvalue weighted by atomic mass is 10.1. The summed E-state index contributed by atoms with van der Waals surface area (Å²) in [6, 6.07) is 0.598. The zero-order chi connectivity index (χ0) is 15.5. The van der Waals surface area contributed by atoms with Gasteiger partial charge in [-0.05, 0) is 25.8 Å². The zero-order valence-corrected chi connectivity index (χ0v) is 14.1. The van der Waals surface area contributed by atoms with Crippen molar-refractivity contribution >= 4 is 5.91 Å². The lowest BCUT2D eigenvalue weighted by Gasteiger charge is -2.39. The van der Waals surface area contributed by atoms with Crippen LogP contribution in [-0.2, 0) is 4.79 Å². The van der Waals surface area contributed by atoms with E-state index in [1.165, 1.54) is 25.7 Å². The van der Waals surface area contributed by atoms with Crippen molar-refractivity contribution in [3.63, 3.8) is 0 Å². The lowest BCUT2D eigenvalue weighted by molar-refractivity contribution is -0.133. The van der Waals surface area contributed by atoms with Gasteiger partial charge in [0.25, 0.3) is 0 Å². The molecule has 1 amide bonds. The molecule has 0 aliphatic carbocycles. The van der Waals surface area contributed by atoms with Gasteiger partial charge in [0.15, 0.2) is 0 Å². The number of nitrogens with zero attached hydrogens (tertiary/aromatic N) is 2. The molecule has 1 heterocycles. The number of hydrogen-bond donors (Lipinski definition) is 1. The maximum Gasteiger partial charge on any atom is 0.222 e. The van der Waals surface area contributed by atoms with E-state index in [0.717, 1.165) is 58.4 Å². The Morgan fingerprint density at radius 3 is 2.29 bits per heavy atom. The van der Waals surface area contributed by atoms with Crippen molar-refractivity contribution in [2.45, 2.75) is 71.3 Å². The summed E-state index contributed by atoms with van der Waals surface area (Å²) in [7, 11) is 0. The van der Waals surface area contributed by atoms with E-state index in [9.17, 15) is 4.79 Å². The van der Waals surface area contributed by atoms with Crippen LogP contribution in [0.2, 0.25) is 0 Å². The third-order valence-electron chi connectivity index (χ3n) is 4.65. The number of unbranched alkanes of at least 4 members (excludes halogenated alkanes) is 4. The molecule has 0 aromatic heterocycles. The Kier molecular flexibility index (Phi) is 9.68. The highest BCUT2D eigenvalue weighted by Gasteiger charge is 2.24. The summed E-state index contributed by atoms with van der Waals surface area (Å²) in [6.07, 6.45) is 9.06. The molecular weight excluding hydrogens is 262 g/mol. The zero-order valence-electron chi connectivity index (χ0n) is 14.1. The van der Waals surface area contributed by atoms with Gasteiger partial charge in [-0.1, -0.05) is 39.5 Å². The van der Waals surface area contributed by atoms with Crippen LogP contribution < -0.4 is 5.73 Å². The van der Waals surface area contributed by atoms with Gasteiger partial charge >= 0.3 is 0 Å². The highest BCUT2D eigenvalue weighted by Crippen LogP contribution is 2.14. The summed E-state index contributed by atoms with van der Waals surface area (Å²) < 4.78 is 0. The van der Waals surface area contributed by atoms with E-state index in [-0.39, 0.29) is 0 Å². The van der Waals surface area contributed by atoms with Crippen LogP contribution in [0.15, 0.2) is 0 Å². The maximum absolute atomic E-state index is 12.2. The molecule has 1 rings (SSSR count). The number of piperazine rings is 1. The topological polar surface area (TPSA) is 49.6 Å². The van der Waals surface area contributed by atoms with E-state index in [0.29, 0.717) is 11.9 Å². The van der Waals surface area contributed by atoms with Crippen molar-refractivity contribution in [3.8, 4) is 0 Å². The first kappa shape index (κ1) is 18.4. The molecule has 2 N–H and O–H groups in total. The first-order valence-corrected chi connectivity index (χ1v) is 8.94. The van der Waals surface area contributed by atoms with Gasteiger partial charge in [0.05, 0.1) is 0 Å². The largest absolute Gasteiger partial charge is 0.340 e. The van der Waals surface area contributed by atoms with Crippen LogP contribution >= 0.6 is 0 Å². The third kappa shape index (κ3) is 6.79. The second kappa shape index (κ2) is 11.0. The van der Waals surface area contributed by atoms with Gasteiger partial charge in [0, 0.05) is 38.6 Å². The average molecular weight is 297 g/mol. The summed E-state index contributed by atoms with van der Waals surface area (Å²) in [4.78, 5) is 16.8. The minimum atomic E-state index is 0.359. The highest BCUT2D eigenvalue weighted by molar-refractivity contribution is 5.76. The van der Waals surface area contributed by atoms with Gasteiger partial charge in [-0.15, -0.1) is 0 Å². The van der Waals surface area contributed by atoms with E-state index < -0.39 is 0 Å². The quantitative estimate of drug-likeness (QED) is 0.631.